The van der Waals surface area contributed by atoms with E-state index in [-0.39, 0.29) is 40.6 Å². The minimum atomic E-state index is -0.838. The number of nitrogens with zero attached hydrogens (tertiary/aromatic N) is 2. The molecule has 33 heavy (non-hydrogen) atoms. The van der Waals surface area contributed by atoms with Crippen LogP contribution in [0.2, 0.25) is 0 Å². The predicted molar refractivity (Wildman–Crippen MR) is 125 cm³/mol. The molecular weight excluding hydrogens is 446 g/mol. The third-order valence-electron chi connectivity index (χ3n) is 5.83. The number of anilines is 1. The second kappa shape index (κ2) is 9.93. The first-order valence-electron chi connectivity index (χ1n) is 10.9. The molecule has 0 bridgehead atoms. The highest BCUT2D eigenvalue weighted by Gasteiger charge is 2.28. The summed E-state index contributed by atoms with van der Waals surface area (Å²) in [5.74, 6) is -1.42. The van der Waals surface area contributed by atoms with Gasteiger partial charge in [0, 0.05) is 17.6 Å². The first-order chi connectivity index (χ1) is 15.9. The van der Waals surface area contributed by atoms with Crippen molar-refractivity contribution in [2.45, 2.75) is 45.1 Å². The van der Waals surface area contributed by atoms with Crippen LogP contribution in [0.15, 0.2) is 36.0 Å². The van der Waals surface area contributed by atoms with E-state index in [4.69, 9.17) is 10.5 Å². The van der Waals surface area contributed by atoms with Crippen LogP contribution < -0.4 is 15.8 Å². The minimum Gasteiger partial charge on any atom is -0.491 e. The molecule has 1 aromatic carbocycles. The number of hydrogen-bond donors (Lipinski definition) is 2. The van der Waals surface area contributed by atoms with Gasteiger partial charge in [-0.3, -0.25) is 9.78 Å². The van der Waals surface area contributed by atoms with Crippen LogP contribution >= 0.6 is 11.3 Å². The highest BCUT2D eigenvalue weighted by atomic mass is 32.1. The molecule has 3 aromatic rings. The Morgan fingerprint density at radius 3 is 2.85 bits per heavy atom. The van der Waals surface area contributed by atoms with Crippen molar-refractivity contribution in [3.05, 3.63) is 58.9 Å². The van der Waals surface area contributed by atoms with E-state index >= 15 is 0 Å². The second-order valence-electron chi connectivity index (χ2n) is 8.39. The van der Waals surface area contributed by atoms with Gasteiger partial charge in [-0.15, -0.1) is 11.3 Å². The van der Waals surface area contributed by atoms with Gasteiger partial charge in [0.25, 0.3) is 5.91 Å². The van der Waals surface area contributed by atoms with E-state index in [0.29, 0.717) is 11.6 Å². The maximum Gasteiger partial charge on any atom is 0.275 e. The van der Waals surface area contributed by atoms with Gasteiger partial charge in [-0.05, 0) is 61.8 Å². The molecule has 1 aliphatic rings. The normalized spacial score (nSPS) is 20.5. The van der Waals surface area contributed by atoms with Crippen molar-refractivity contribution < 1.29 is 18.3 Å². The molecule has 6 nitrogen and oxygen atoms in total. The Balaban J connectivity index is 1.57. The van der Waals surface area contributed by atoms with Gasteiger partial charge in [-0.25, -0.2) is 13.8 Å². The highest BCUT2D eigenvalue weighted by Crippen LogP contribution is 2.38. The van der Waals surface area contributed by atoms with Crippen LogP contribution in [-0.2, 0) is 0 Å². The van der Waals surface area contributed by atoms with Gasteiger partial charge < -0.3 is 15.8 Å². The Kier molecular flexibility index (Phi) is 6.99. The van der Waals surface area contributed by atoms with E-state index in [2.05, 4.69) is 22.2 Å². The van der Waals surface area contributed by atoms with E-state index in [9.17, 15) is 13.6 Å². The van der Waals surface area contributed by atoms with Crippen LogP contribution in [0.1, 0.15) is 55.1 Å². The smallest absolute Gasteiger partial charge is 0.275 e. The summed E-state index contributed by atoms with van der Waals surface area (Å²) in [5, 5.41) is 4.41. The summed E-state index contributed by atoms with van der Waals surface area (Å²) in [6.07, 6.45) is 6.12. The lowest BCUT2D eigenvalue weighted by Gasteiger charge is -2.32. The first-order valence-corrected chi connectivity index (χ1v) is 11.8. The third kappa shape index (κ3) is 5.04. The molecule has 0 saturated heterocycles. The number of rotatable bonds is 6. The first kappa shape index (κ1) is 23.3. The SMILES string of the molecule is CCOc1ccc(F)c(-c2nc(C(=O)Nc3cnccc3C3CC(C)CC(N)C3)cs2)c1F. The Bertz CT molecular complexity index is 1140. The molecule has 4 rings (SSSR count). The lowest BCUT2D eigenvalue weighted by molar-refractivity contribution is 0.102. The van der Waals surface area contributed by atoms with Crippen molar-refractivity contribution in [3.63, 3.8) is 0 Å². The van der Waals surface area contributed by atoms with Crippen LogP contribution in [0.25, 0.3) is 10.6 Å². The molecule has 3 atom stereocenters. The van der Waals surface area contributed by atoms with E-state index in [1.54, 1.807) is 19.3 Å². The van der Waals surface area contributed by atoms with Crippen LogP contribution in [-0.4, -0.2) is 28.5 Å². The Morgan fingerprint density at radius 1 is 1.27 bits per heavy atom. The Morgan fingerprint density at radius 2 is 2.09 bits per heavy atom. The number of thiazole rings is 1. The molecule has 3 unspecified atom stereocenters. The lowest BCUT2D eigenvalue weighted by Crippen LogP contribution is -2.31. The summed E-state index contributed by atoms with van der Waals surface area (Å²) in [6.45, 7) is 4.13. The van der Waals surface area contributed by atoms with Crippen molar-refractivity contribution in [2.24, 2.45) is 11.7 Å². The number of benzene rings is 1. The molecule has 9 heteroatoms. The monoisotopic (exact) mass is 472 g/mol. The largest absolute Gasteiger partial charge is 0.491 e. The number of aromatic nitrogens is 2. The Labute approximate surface area is 195 Å². The maximum absolute atomic E-state index is 14.8. The molecule has 0 aliphatic heterocycles. The van der Waals surface area contributed by atoms with Gasteiger partial charge in [0.05, 0.1) is 24.1 Å². The van der Waals surface area contributed by atoms with Crippen LogP contribution in [0.5, 0.6) is 5.75 Å². The zero-order chi connectivity index (χ0) is 23.5. The van der Waals surface area contributed by atoms with Gasteiger partial charge in [-0.2, -0.15) is 0 Å². The molecule has 0 spiro atoms. The summed E-state index contributed by atoms with van der Waals surface area (Å²) in [6, 6.07) is 4.39. The van der Waals surface area contributed by atoms with E-state index < -0.39 is 17.5 Å². The Hall–Kier alpha value is -2.91. The zero-order valence-electron chi connectivity index (χ0n) is 18.5. The average Bonchev–Trinajstić information content (AvgIpc) is 3.25. The number of carbonyl (C=O) groups excluding carboxylic acids is 1. The van der Waals surface area contributed by atoms with Crippen LogP contribution in [0.4, 0.5) is 14.5 Å². The number of amides is 1. The van der Waals surface area contributed by atoms with Crippen molar-refractivity contribution in [1.82, 2.24) is 9.97 Å². The number of halogens is 2. The molecule has 1 saturated carbocycles. The van der Waals surface area contributed by atoms with Gasteiger partial charge in [0.2, 0.25) is 0 Å². The average molecular weight is 473 g/mol. The van der Waals surface area contributed by atoms with Crippen LogP contribution in [0.3, 0.4) is 0 Å². The fourth-order valence-electron chi connectivity index (χ4n) is 4.45. The van der Waals surface area contributed by atoms with E-state index in [0.717, 1.165) is 42.2 Å². The number of hydrogen-bond acceptors (Lipinski definition) is 6. The summed E-state index contributed by atoms with van der Waals surface area (Å²) < 4.78 is 34.4. The zero-order valence-corrected chi connectivity index (χ0v) is 19.3. The summed E-state index contributed by atoms with van der Waals surface area (Å²) in [5.41, 5.74) is 7.57. The van der Waals surface area contributed by atoms with Crippen molar-refractivity contribution >= 4 is 22.9 Å². The molecule has 174 valence electrons. The third-order valence-corrected chi connectivity index (χ3v) is 6.69. The van der Waals surface area contributed by atoms with Crippen LogP contribution in [0, 0.1) is 17.6 Å². The number of pyridine rings is 1. The molecule has 3 N–H and O–H groups in total. The number of carbonyl (C=O) groups is 1. The molecule has 2 heterocycles. The molecule has 1 aliphatic carbocycles. The van der Waals surface area contributed by atoms with Gasteiger partial charge in [0.15, 0.2) is 11.6 Å². The van der Waals surface area contributed by atoms with Crippen molar-refractivity contribution in [3.8, 4) is 16.3 Å². The number of nitrogens with two attached hydrogens (primary N) is 1. The lowest BCUT2D eigenvalue weighted by atomic mass is 9.76. The molecular formula is C24H26F2N4O2S. The van der Waals surface area contributed by atoms with E-state index in [1.165, 1.54) is 11.4 Å². The summed E-state index contributed by atoms with van der Waals surface area (Å²) in [7, 11) is 0. The fourth-order valence-corrected chi connectivity index (χ4v) is 5.29. The van der Waals surface area contributed by atoms with Gasteiger partial charge >= 0.3 is 0 Å². The topological polar surface area (TPSA) is 90.1 Å². The molecule has 1 fully saturated rings. The predicted octanol–water partition coefficient (Wildman–Crippen LogP) is 5.37. The molecule has 0 radical (unpaired) electrons. The molecule has 1 amide bonds. The highest BCUT2D eigenvalue weighted by molar-refractivity contribution is 7.13. The van der Waals surface area contributed by atoms with Crippen molar-refractivity contribution in [2.75, 3.05) is 11.9 Å². The number of ether oxygens (including phenoxy) is 1. The van der Waals surface area contributed by atoms with E-state index in [1.807, 2.05) is 6.07 Å². The maximum atomic E-state index is 14.8. The standard InChI is InChI=1S/C24H26F2N4O2S/c1-3-32-20-5-4-17(25)21(22(20)26)24-30-19(12-33-24)23(31)29-18-11-28-7-6-16(18)14-8-13(2)9-15(27)10-14/h4-7,11-15H,3,8-10,27H2,1-2H3,(H,29,31). The number of nitrogens with one attached hydrogen (secondary N) is 1. The molecule has 2 aromatic heterocycles. The second-order valence-corrected chi connectivity index (χ2v) is 9.25. The quantitative estimate of drug-likeness (QED) is 0.504. The summed E-state index contributed by atoms with van der Waals surface area (Å²) >= 11 is 0.990. The van der Waals surface area contributed by atoms with Gasteiger partial charge in [0.1, 0.15) is 16.5 Å². The van der Waals surface area contributed by atoms with Crippen molar-refractivity contribution in [1.29, 1.82) is 0 Å². The fraction of sp³-hybridized carbons (Fsp3) is 0.375. The summed E-state index contributed by atoms with van der Waals surface area (Å²) in [4.78, 5) is 21.3. The van der Waals surface area contributed by atoms with Gasteiger partial charge in [-0.1, -0.05) is 6.92 Å². The minimum absolute atomic E-state index is 0.0602.